The average Bonchev–Trinajstić information content (AvgIpc) is 3.72. The zero-order valence-corrected chi connectivity index (χ0v) is 42.4. The molecule has 0 spiro atoms. The van der Waals surface area contributed by atoms with E-state index in [9.17, 15) is 43.5 Å². The number of hydrogen-bond donors (Lipinski definition) is 9. The third kappa shape index (κ3) is 30.3. The highest BCUT2D eigenvalue weighted by atomic mass is 16.6. The number of nitrogens with zero attached hydrogens (tertiary/aromatic N) is 1. The maximum Gasteiger partial charge on any atom is 0.305 e. The lowest BCUT2D eigenvalue weighted by atomic mass is 10.1. The summed E-state index contributed by atoms with van der Waals surface area (Å²) in [5.41, 5.74) is 6.18. The number of amides is 7. The van der Waals surface area contributed by atoms with Crippen molar-refractivity contribution in [3.63, 3.8) is 0 Å². The van der Waals surface area contributed by atoms with E-state index in [1.165, 1.54) is 36.4 Å². The minimum Gasteiger partial charge on any atom is -0.494 e. The number of nitrogens with one attached hydrogen (secondary N) is 7. The Kier molecular flexibility index (Phi) is 32.7. The lowest BCUT2D eigenvalue weighted by Gasteiger charge is -2.17. The maximum absolute atomic E-state index is 12.9. The highest BCUT2D eigenvalue weighted by Gasteiger charge is 2.25. The highest BCUT2D eigenvalue weighted by molar-refractivity contribution is 6.13. The van der Waals surface area contributed by atoms with Crippen LogP contribution in [-0.2, 0) is 71.5 Å². The van der Waals surface area contributed by atoms with Crippen LogP contribution < -0.4 is 42.4 Å². The molecule has 10 N–H and O–H groups in total. The molecule has 3 rings (SSSR count). The predicted octanol–water partition coefficient (Wildman–Crippen LogP) is -0.841. The summed E-state index contributed by atoms with van der Waals surface area (Å²) in [6, 6.07) is 10.8. The number of hydrogen-bond acceptors (Lipinski definition) is 18. The SMILES string of the molecule is N=C(N)Nc1cccc(C(=O)NCC(=O)N[C@@H](CC(=O)O)C(=O)Nc2ccc(OCCCNC(=O)CCOCCOCCOCCOCCOCCOCCOCCOCCNC(=O)CCN3C(=O)C=CC3=O)cc2)c1. The maximum atomic E-state index is 12.9. The molecule has 76 heavy (non-hydrogen) atoms. The first kappa shape index (κ1) is 63.2. The number of aliphatic carboxylic acids is 1. The molecule has 0 bridgehead atoms. The first-order chi connectivity index (χ1) is 36.8. The van der Waals surface area contributed by atoms with Crippen LogP contribution in [0.1, 0.15) is 36.0 Å². The summed E-state index contributed by atoms with van der Waals surface area (Å²) in [5.74, 6) is -4.66. The molecule has 0 saturated carbocycles. The minimum absolute atomic E-state index is 0.0310. The van der Waals surface area contributed by atoms with Crippen LogP contribution in [0, 0.1) is 5.41 Å². The monoisotopic (exact) mass is 1070 g/mol. The van der Waals surface area contributed by atoms with Crippen LogP contribution in [0.3, 0.4) is 0 Å². The summed E-state index contributed by atoms with van der Waals surface area (Å²) in [6.07, 6.45) is 2.38. The van der Waals surface area contributed by atoms with Gasteiger partial charge in [-0.2, -0.15) is 0 Å². The van der Waals surface area contributed by atoms with Gasteiger partial charge in [-0.3, -0.25) is 48.7 Å². The lowest BCUT2D eigenvalue weighted by Crippen LogP contribution is -2.48. The van der Waals surface area contributed by atoms with Crippen LogP contribution in [0.2, 0.25) is 0 Å². The molecule has 2 aromatic rings. The van der Waals surface area contributed by atoms with E-state index in [-0.39, 0.29) is 49.3 Å². The van der Waals surface area contributed by atoms with E-state index < -0.39 is 54.5 Å². The fraction of sp³-hybridized carbons (Fsp3) is 0.531. The number of carbonyl (C=O) groups excluding carboxylic acids is 7. The normalized spacial score (nSPS) is 12.2. The number of guanidine groups is 1. The first-order valence-electron chi connectivity index (χ1n) is 24.5. The Hall–Kier alpha value is -7.11. The third-order valence-corrected chi connectivity index (χ3v) is 9.99. The number of imide groups is 1. The Labute approximate surface area is 439 Å². The van der Waals surface area contributed by atoms with Crippen molar-refractivity contribution in [1.82, 2.24) is 26.2 Å². The van der Waals surface area contributed by atoms with Crippen molar-refractivity contribution >= 4 is 64.7 Å². The Balaban J connectivity index is 1.04. The van der Waals surface area contributed by atoms with Crippen molar-refractivity contribution in [1.29, 1.82) is 5.41 Å². The topological polar surface area (TPSA) is 365 Å². The third-order valence-electron chi connectivity index (χ3n) is 9.99. The summed E-state index contributed by atoms with van der Waals surface area (Å²) in [5, 5.41) is 31.9. The molecule has 1 aliphatic heterocycles. The Morgan fingerprint density at radius 3 is 1.63 bits per heavy atom. The number of nitrogens with two attached hydrogens (primary N) is 1. The quantitative estimate of drug-likeness (QED) is 0.0169. The van der Waals surface area contributed by atoms with E-state index in [0.717, 1.165) is 4.90 Å². The van der Waals surface area contributed by atoms with Gasteiger partial charge in [-0.15, -0.1) is 0 Å². The number of carboxylic acids is 1. The molecule has 0 unspecified atom stereocenters. The van der Waals surface area contributed by atoms with E-state index in [2.05, 4.69) is 31.9 Å². The molecule has 0 radical (unpaired) electrons. The van der Waals surface area contributed by atoms with Gasteiger partial charge in [0.05, 0.1) is 125 Å². The molecule has 7 amide bonds. The molecule has 0 aromatic heterocycles. The van der Waals surface area contributed by atoms with Crippen LogP contribution in [0.15, 0.2) is 60.7 Å². The molecule has 27 heteroatoms. The average molecular weight is 1070 g/mol. The van der Waals surface area contributed by atoms with Gasteiger partial charge in [0.25, 0.3) is 17.7 Å². The Morgan fingerprint density at radius 1 is 0.579 bits per heavy atom. The standard InChI is InChI=1S/C49H71N9O18/c50-49(51)56-38-4-1-3-36(33-38)47(66)54-35-43(61)57-40(34-46(64)65)48(67)55-37-5-7-39(8-6-37)76-16-2-13-52-42(60)12-17-68-19-21-70-23-25-72-27-29-74-31-32-75-30-28-73-26-24-71-22-20-69-18-14-53-41(59)11-15-58-44(62)9-10-45(58)63/h1,3-10,33,40H,2,11-32,34-35H2,(H,52,60)(H,53,59)(H,54,66)(H,55,67)(H,57,61)(H,64,65)(H4,50,51,56)/t40-/m0/s1. The van der Waals surface area contributed by atoms with Gasteiger partial charge in [0, 0.05) is 61.6 Å². The van der Waals surface area contributed by atoms with E-state index in [1.807, 2.05) is 0 Å². The van der Waals surface area contributed by atoms with Crippen molar-refractivity contribution in [3.8, 4) is 5.75 Å². The molecule has 0 saturated heterocycles. The van der Waals surface area contributed by atoms with Gasteiger partial charge in [-0.25, -0.2) is 0 Å². The van der Waals surface area contributed by atoms with E-state index >= 15 is 0 Å². The molecule has 420 valence electrons. The number of benzene rings is 2. The fourth-order valence-corrected chi connectivity index (χ4v) is 6.25. The van der Waals surface area contributed by atoms with Gasteiger partial charge < -0.3 is 85.4 Å². The van der Waals surface area contributed by atoms with Crippen molar-refractivity contribution in [2.24, 2.45) is 5.73 Å². The van der Waals surface area contributed by atoms with Crippen molar-refractivity contribution < 1.29 is 86.1 Å². The van der Waals surface area contributed by atoms with Gasteiger partial charge in [-0.1, -0.05) is 6.07 Å². The number of carbonyl (C=O) groups is 8. The summed E-state index contributed by atoms with van der Waals surface area (Å²) in [6.45, 7) is 6.50. The van der Waals surface area contributed by atoms with Crippen molar-refractivity contribution in [2.45, 2.75) is 31.7 Å². The molecule has 1 heterocycles. The number of rotatable bonds is 44. The van der Waals surface area contributed by atoms with Crippen LogP contribution >= 0.6 is 0 Å². The molecule has 0 aliphatic carbocycles. The van der Waals surface area contributed by atoms with Gasteiger partial charge >= 0.3 is 5.97 Å². The molecule has 0 fully saturated rings. The van der Waals surface area contributed by atoms with E-state index in [1.54, 1.807) is 24.3 Å². The van der Waals surface area contributed by atoms with Crippen LogP contribution in [0.4, 0.5) is 11.4 Å². The molecular weight excluding hydrogens is 1000 g/mol. The van der Waals surface area contributed by atoms with Crippen LogP contribution in [0.25, 0.3) is 0 Å². The first-order valence-corrected chi connectivity index (χ1v) is 24.5. The van der Waals surface area contributed by atoms with Crippen LogP contribution in [0.5, 0.6) is 5.75 Å². The van der Waals surface area contributed by atoms with E-state index in [0.29, 0.717) is 142 Å². The van der Waals surface area contributed by atoms with Gasteiger partial charge in [-0.05, 0) is 48.9 Å². The summed E-state index contributed by atoms with van der Waals surface area (Å²) in [4.78, 5) is 97.4. The minimum atomic E-state index is -1.45. The molecule has 1 aliphatic rings. The molecular formula is C49H71N9O18. The van der Waals surface area contributed by atoms with Crippen molar-refractivity contribution in [2.75, 3.05) is 149 Å². The smallest absolute Gasteiger partial charge is 0.305 e. The zero-order valence-electron chi connectivity index (χ0n) is 42.4. The summed E-state index contributed by atoms with van der Waals surface area (Å²) in [7, 11) is 0. The van der Waals surface area contributed by atoms with Crippen molar-refractivity contribution in [3.05, 3.63) is 66.2 Å². The molecule has 27 nitrogen and oxygen atoms in total. The highest BCUT2D eigenvalue weighted by Crippen LogP contribution is 2.17. The summed E-state index contributed by atoms with van der Waals surface area (Å²) < 4.78 is 49.4. The second-order valence-electron chi connectivity index (χ2n) is 16.0. The second-order valence-corrected chi connectivity index (χ2v) is 16.0. The van der Waals surface area contributed by atoms with Crippen LogP contribution in [-0.4, -0.2) is 208 Å². The predicted molar refractivity (Wildman–Crippen MR) is 271 cm³/mol. The fourth-order valence-electron chi connectivity index (χ4n) is 6.25. The second kappa shape index (κ2) is 39.3. The lowest BCUT2D eigenvalue weighted by molar-refractivity contribution is -0.140. The number of carboxylic acid groups (broad SMARTS) is 1. The Bertz CT molecular complexity index is 2130. The number of anilines is 2. The largest absolute Gasteiger partial charge is 0.494 e. The summed E-state index contributed by atoms with van der Waals surface area (Å²) >= 11 is 0. The van der Waals surface area contributed by atoms with Gasteiger partial charge in [0.15, 0.2) is 5.96 Å². The Morgan fingerprint density at radius 2 is 1.09 bits per heavy atom. The van der Waals surface area contributed by atoms with Gasteiger partial charge in [0.2, 0.25) is 23.6 Å². The van der Waals surface area contributed by atoms with E-state index in [4.69, 9.17) is 53.8 Å². The molecule has 2 aromatic carbocycles. The van der Waals surface area contributed by atoms with Gasteiger partial charge in [0.1, 0.15) is 11.8 Å². The zero-order chi connectivity index (χ0) is 55.0. The molecule has 1 atom stereocenters. The number of ether oxygens (including phenoxy) is 9.